The molecule has 0 radical (unpaired) electrons. The molecule has 0 bridgehead atoms. The average Bonchev–Trinajstić information content (AvgIpc) is 3.05. The zero-order chi connectivity index (χ0) is 16.7. The first kappa shape index (κ1) is 16.0. The van der Waals surface area contributed by atoms with Gasteiger partial charge >= 0.3 is 5.97 Å². The number of amides is 1. The molecule has 1 amide bonds. The Morgan fingerprint density at radius 3 is 2.61 bits per heavy atom. The normalized spacial score (nSPS) is 10.4. The summed E-state index contributed by atoms with van der Waals surface area (Å²) in [4.78, 5) is 33.0. The van der Waals surface area contributed by atoms with Crippen molar-refractivity contribution in [1.29, 1.82) is 0 Å². The van der Waals surface area contributed by atoms with Gasteiger partial charge in [-0.15, -0.1) is 0 Å². The zero-order valence-corrected chi connectivity index (χ0v) is 11.8. The molecule has 2 rings (SSSR count). The van der Waals surface area contributed by atoms with Gasteiger partial charge in [0.25, 0.3) is 11.6 Å². The summed E-state index contributed by atoms with van der Waals surface area (Å²) in [5.74, 6) is -0.767. The standard InChI is InChI=1S/C15H12N2O6/c18-14(16-11-3-5-12(6-4-11)17(20)21)10-23-15(19)8-7-13-2-1-9-22-13/h1-9H,10H2,(H,16,18)/b8-7+. The lowest BCUT2D eigenvalue weighted by atomic mass is 10.3. The number of furan rings is 1. The van der Waals surface area contributed by atoms with E-state index in [4.69, 9.17) is 9.15 Å². The van der Waals surface area contributed by atoms with Crippen LogP contribution in [0.5, 0.6) is 0 Å². The topological polar surface area (TPSA) is 112 Å². The van der Waals surface area contributed by atoms with E-state index < -0.39 is 23.4 Å². The second-order valence-corrected chi connectivity index (χ2v) is 4.31. The molecule has 23 heavy (non-hydrogen) atoms. The van der Waals surface area contributed by atoms with E-state index in [9.17, 15) is 19.7 Å². The molecule has 118 valence electrons. The Balaban J connectivity index is 1.78. The van der Waals surface area contributed by atoms with E-state index in [0.717, 1.165) is 6.08 Å². The molecule has 1 N–H and O–H groups in total. The van der Waals surface area contributed by atoms with Crippen LogP contribution in [0.1, 0.15) is 5.76 Å². The van der Waals surface area contributed by atoms with Gasteiger partial charge in [-0.05, 0) is 30.3 Å². The van der Waals surface area contributed by atoms with E-state index >= 15 is 0 Å². The van der Waals surface area contributed by atoms with Gasteiger partial charge in [0.15, 0.2) is 6.61 Å². The molecule has 1 aromatic heterocycles. The Morgan fingerprint density at radius 1 is 1.26 bits per heavy atom. The molecule has 0 aliphatic carbocycles. The van der Waals surface area contributed by atoms with Crippen LogP contribution < -0.4 is 5.32 Å². The van der Waals surface area contributed by atoms with E-state index in [-0.39, 0.29) is 5.69 Å². The predicted octanol–water partition coefficient (Wildman–Crippen LogP) is 2.38. The molecule has 0 aliphatic heterocycles. The molecular formula is C15H12N2O6. The summed E-state index contributed by atoms with van der Waals surface area (Å²) in [6.45, 7) is -0.474. The maximum absolute atomic E-state index is 11.6. The molecule has 8 heteroatoms. The lowest BCUT2D eigenvalue weighted by Gasteiger charge is -2.05. The number of hydrogen-bond donors (Lipinski definition) is 1. The molecule has 2 aromatic rings. The van der Waals surface area contributed by atoms with Gasteiger partial charge in [0.2, 0.25) is 0 Å². The Labute approximate surface area is 130 Å². The van der Waals surface area contributed by atoms with E-state index in [1.807, 2.05) is 0 Å². The molecule has 0 aliphatic rings. The molecule has 0 fully saturated rings. The fraction of sp³-hybridized carbons (Fsp3) is 0.0667. The highest BCUT2D eigenvalue weighted by Crippen LogP contribution is 2.15. The molecule has 8 nitrogen and oxygen atoms in total. The summed E-state index contributed by atoms with van der Waals surface area (Å²) in [6, 6.07) is 8.61. The van der Waals surface area contributed by atoms with Crippen LogP contribution in [0.4, 0.5) is 11.4 Å². The lowest BCUT2D eigenvalue weighted by Crippen LogP contribution is -2.20. The number of nitrogens with zero attached hydrogens (tertiary/aromatic N) is 1. The number of esters is 1. The van der Waals surface area contributed by atoms with Gasteiger partial charge in [0, 0.05) is 23.9 Å². The van der Waals surface area contributed by atoms with E-state index in [0.29, 0.717) is 11.4 Å². The van der Waals surface area contributed by atoms with Gasteiger partial charge in [0.1, 0.15) is 5.76 Å². The van der Waals surface area contributed by atoms with Gasteiger partial charge in [0.05, 0.1) is 11.2 Å². The van der Waals surface area contributed by atoms with Crippen LogP contribution in [0, 0.1) is 10.1 Å². The number of ether oxygens (including phenoxy) is 1. The van der Waals surface area contributed by atoms with Crippen molar-refractivity contribution in [2.75, 3.05) is 11.9 Å². The van der Waals surface area contributed by atoms with Gasteiger partial charge < -0.3 is 14.5 Å². The number of anilines is 1. The zero-order valence-electron chi connectivity index (χ0n) is 11.8. The Hall–Kier alpha value is -3.42. The van der Waals surface area contributed by atoms with Gasteiger partial charge in [-0.25, -0.2) is 4.79 Å². The maximum Gasteiger partial charge on any atom is 0.331 e. The van der Waals surface area contributed by atoms with Crippen molar-refractivity contribution in [1.82, 2.24) is 0 Å². The molecule has 0 saturated carbocycles. The second-order valence-electron chi connectivity index (χ2n) is 4.31. The van der Waals surface area contributed by atoms with Crippen molar-refractivity contribution in [3.63, 3.8) is 0 Å². The molecule has 0 saturated heterocycles. The summed E-state index contributed by atoms with van der Waals surface area (Å²) in [7, 11) is 0. The highest BCUT2D eigenvalue weighted by molar-refractivity contribution is 5.94. The van der Waals surface area contributed by atoms with Crippen molar-refractivity contribution in [2.45, 2.75) is 0 Å². The monoisotopic (exact) mass is 316 g/mol. The number of nitrogens with one attached hydrogen (secondary N) is 1. The summed E-state index contributed by atoms with van der Waals surface area (Å²) >= 11 is 0. The number of non-ortho nitro benzene ring substituents is 1. The van der Waals surface area contributed by atoms with Crippen LogP contribution in [0.2, 0.25) is 0 Å². The summed E-state index contributed by atoms with van der Waals surface area (Å²) in [5.41, 5.74) is 0.278. The number of rotatable bonds is 6. The highest BCUT2D eigenvalue weighted by atomic mass is 16.6. The minimum Gasteiger partial charge on any atom is -0.465 e. The highest BCUT2D eigenvalue weighted by Gasteiger charge is 2.08. The first-order valence-electron chi connectivity index (χ1n) is 6.47. The molecular weight excluding hydrogens is 304 g/mol. The second kappa shape index (κ2) is 7.55. The number of nitro groups is 1. The fourth-order valence-corrected chi connectivity index (χ4v) is 1.58. The van der Waals surface area contributed by atoms with Gasteiger partial charge in [-0.1, -0.05) is 0 Å². The van der Waals surface area contributed by atoms with Crippen molar-refractivity contribution >= 4 is 29.3 Å². The van der Waals surface area contributed by atoms with Crippen LogP contribution in [0.15, 0.2) is 53.2 Å². The van der Waals surface area contributed by atoms with Gasteiger partial charge in [-0.2, -0.15) is 0 Å². The molecule has 1 aromatic carbocycles. The molecule has 1 heterocycles. The van der Waals surface area contributed by atoms with Crippen molar-refractivity contribution in [3.05, 3.63) is 64.6 Å². The van der Waals surface area contributed by atoms with Crippen molar-refractivity contribution < 1.29 is 23.7 Å². The molecule has 0 atom stereocenters. The third-order valence-corrected chi connectivity index (χ3v) is 2.63. The predicted molar refractivity (Wildman–Crippen MR) is 80.4 cm³/mol. The number of carbonyl (C=O) groups excluding carboxylic acids is 2. The maximum atomic E-state index is 11.6. The van der Waals surface area contributed by atoms with Crippen LogP contribution in [0.3, 0.4) is 0 Å². The fourth-order valence-electron chi connectivity index (χ4n) is 1.58. The largest absolute Gasteiger partial charge is 0.465 e. The number of nitro benzene ring substituents is 1. The van der Waals surface area contributed by atoms with Crippen molar-refractivity contribution in [3.8, 4) is 0 Å². The molecule has 0 spiro atoms. The van der Waals surface area contributed by atoms with Crippen LogP contribution in [-0.2, 0) is 14.3 Å². The SMILES string of the molecule is O=C(COC(=O)/C=C/c1ccco1)Nc1ccc([N+](=O)[O-])cc1. The quantitative estimate of drug-likeness (QED) is 0.379. The third kappa shape index (κ3) is 5.12. The van der Waals surface area contributed by atoms with E-state index in [2.05, 4.69) is 5.32 Å². The minimum absolute atomic E-state index is 0.0857. The Kier molecular flexibility index (Phi) is 5.24. The average molecular weight is 316 g/mol. The number of carbonyl (C=O) groups is 2. The summed E-state index contributed by atoms with van der Waals surface area (Å²) in [5, 5.41) is 13.0. The van der Waals surface area contributed by atoms with E-state index in [1.165, 1.54) is 36.6 Å². The molecule has 0 unspecified atom stereocenters. The third-order valence-electron chi connectivity index (χ3n) is 2.63. The summed E-state index contributed by atoms with van der Waals surface area (Å²) < 4.78 is 9.74. The van der Waals surface area contributed by atoms with Gasteiger partial charge in [-0.3, -0.25) is 14.9 Å². The number of hydrogen-bond acceptors (Lipinski definition) is 6. The van der Waals surface area contributed by atoms with Crippen LogP contribution >= 0.6 is 0 Å². The van der Waals surface area contributed by atoms with Crippen molar-refractivity contribution in [2.24, 2.45) is 0 Å². The smallest absolute Gasteiger partial charge is 0.331 e. The number of benzene rings is 1. The van der Waals surface area contributed by atoms with E-state index in [1.54, 1.807) is 12.1 Å². The van der Waals surface area contributed by atoms with Crippen LogP contribution in [0.25, 0.3) is 6.08 Å². The Morgan fingerprint density at radius 2 is 2.00 bits per heavy atom. The first-order valence-corrected chi connectivity index (χ1v) is 6.47. The lowest BCUT2D eigenvalue weighted by molar-refractivity contribution is -0.384. The van der Waals surface area contributed by atoms with Crippen LogP contribution in [-0.4, -0.2) is 23.4 Å². The summed E-state index contributed by atoms with van der Waals surface area (Å²) in [6.07, 6.45) is 4.01. The minimum atomic E-state index is -0.694. The first-order chi connectivity index (χ1) is 11.0. The Bertz CT molecular complexity index is 719.